The molecule has 0 spiro atoms. The molecule has 0 saturated heterocycles. The minimum Gasteiger partial charge on any atom is -0.326 e. The minimum absolute atomic E-state index is 0.118. The fourth-order valence-corrected chi connectivity index (χ4v) is 1.33. The largest absolute Gasteiger partial charge is 0.326 e. The highest BCUT2D eigenvalue weighted by Gasteiger charge is 2.00. The molecule has 5 nitrogen and oxygen atoms in total. The molecular weight excluding hydrogens is 252 g/mol. The molecule has 0 fully saturated rings. The molecule has 1 aromatic carbocycles. The van der Waals surface area contributed by atoms with Crippen LogP contribution in [0, 0.1) is 11.8 Å². The van der Waals surface area contributed by atoms with Crippen molar-refractivity contribution in [1.82, 2.24) is 0 Å². The van der Waals surface area contributed by atoms with Gasteiger partial charge in [0.2, 0.25) is 5.91 Å². The van der Waals surface area contributed by atoms with E-state index >= 15 is 0 Å². The second kappa shape index (κ2) is 8.02. The third kappa shape index (κ3) is 5.26. The molecule has 0 aromatic heterocycles. The third-order valence-electron chi connectivity index (χ3n) is 1.94. The van der Waals surface area contributed by atoms with E-state index in [0.717, 1.165) is 5.56 Å². The van der Waals surface area contributed by atoms with Crippen molar-refractivity contribution in [3.05, 3.63) is 40.3 Å². The Labute approximate surface area is 110 Å². The van der Waals surface area contributed by atoms with E-state index in [1.165, 1.54) is 0 Å². The van der Waals surface area contributed by atoms with Crippen LogP contribution in [0.15, 0.2) is 29.4 Å². The topological polar surface area (TPSA) is 77.9 Å². The van der Waals surface area contributed by atoms with Gasteiger partial charge in [0.1, 0.15) is 0 Å². The highest BCUT2D eigenvalue weighted by Crippen LogP contribution is 2.09. The predicted octanol–water partition coefficient (Wildman–Crippen LogP) is 2.92. The number of rotatable bonds is 4. The molecule has 6 heteroatoms. The molecule has 1 amide bonds. The van der Waals surface area contributed by atoms with Crippen LogP contribution in [0.25, 0.3) is 10.4 Å². The molecule has 0 atom stereocenters. The maximum absolute atomic E-state index is 11.3. The van der Waals surface area contributed by atoms with Crippen molar-refractivity contribution in [2.24, 2.45) is 5.11 Å². The number of alkyl halides is 1. The van der Waals surface area contributed by atoms with Crippen LogP contribution in [0.4, 0.5) is 5.69 Å². The summed E-state index contributed by atoms with van der Waals surface area (Å²) >= 11 is 5.46. The smallest absolute Gasteiger partial charge is 0.225 e. The minimum atomic E-state index is -0.118. The Bertz CT molecular complexity index is 509. The lowest BCUT2D eigenvalue weighted by molar-refractivity contribution is -0.115. The van der Waals surface area contributed by atoms with Gasteiger partial charge in [-0.25, -0.2) is 0 Å². The first-order valence-corrected chi connectivity index (χ1v) is 5.75. The predicted molar refractivity (Wildman–Crippen MR) is 71.3 cm³/mol. The number of nitrogens with one attached hydrogen (secondary N) is 1. The number of halogens is 1. The van der Waals surface area contributed by atoms with E-state index < -0.39 is 0 Å². The number of amides is 1. The summed E-state index contributed by atoms with van der Waals surface area (Å²) in [5.41, 5.74) is 9.56. The van der Waals surface area contributed by atoms with Gasteiger partial charge in [-0.05, 0) is 29.8 Å². The fraction of sp³-hybridized carbons (Fsp3) is 0.250. The fourth-order valence-electron chi connectivity index (χ4n) is 1.15. The molecule has 0 aliphatic rings. The van der Waals surface area contributed by atoms with E-state index in [1.54, 1.807) is 24.3 Å². The van der Waals surface area contributed by atoms with Gasteiger partial charge in [-0.1, -0.05) is 17.0 Å². The molecule has 0 unspecified atom stereocenters. The molecule has 1 aromatic rings. The number of hydrogen-bond donors (Lipinski definition) is 1. The van der Waals surface area contributed by atoms with Gasteiger partial charge in [0, 0.05) is 28.5 Å². The highest BCUT2D eigenvalue weighted by atomic mass is 35.5. The zero-order chi connectivity index (χ0) is 13.2. The van der Waals surface area contributed by atoms with Crippen molar-refractivity contribution in [2.45, 2.75) is 6.42 Å². The molecule has 0 heterocycles. The van der Waals surface area contributed by atoms with Crippen molar-refractivity contribution >= 4 is 23.2 Å². The molecule has 0 saturated carbocycles. The summed E-state index contributed by atoms with van der Waals surface area (Å²) in [5, 5.41) is 6.01. The number of hydrogen-bond acceptors (Lipinski definition) is 2. The number of anilines is 1. The van der Waals surface area contributed by atoms with E-state index in [1.807, 2.05) is 0 Å². The molecule has 0 aliphatic heterocycles. The standard InChI is InChI=1S/C12H11ClN4O/c13-8-7-12(18)16-11-5-3-10(4-6-11)2-1-9-15-17-14/h3-6H,7-9H2,(H,16,18). The zero-order valence-electron chi connectivity index (χ0n) is 9.56. The van der Waals surface area contributed by atoms with E-state index in [9.17, 15) is 4.79 Å². The quantitative estimate of drug-likeness (QED) is 0.292. The molecule has 0 radical (unpaired) electrons. The lowest BCUT2D eigenvalue weighted by Gasteiger charge is -2.03. The lowest BCUT2D eigenvalue weighted by atomic mass is 10.2. The number of benzene rings is 1. The van der Waals surface area contributed by atoms with Crippen LogP contribution in [0.1, 0.15) is 12.0 Å². The molecule has 92 valence electrons. The van der Waals surface area contributed by atoms with Crippen LogP contribution >= 0.6 is 11.6 Å². The van der Waals surface area contributed by atoms with E-state index in [4.69, 9.17) is 17.1 Å². The van der Waals surface area contributed by atoms with Crippen LogP contribution in [0.2, 0.25) is 0 Å². The SMILES string of the molecule is [N-]=[N+]=NCC#Cc1ccc(NC(=O)CCCl)cc1. The maximum atomic E-state index is 11.3. The molecule has 18 heavy (non-hydrogen) atoms. The Balaban J connectivity index is 2.58. The average molecular weight is 263 g/mol. The normalized spacial score (nSPS) is 8.72. The van der Waals surface area contributed by atoms with Crippen molar-refractivity contribution in [2.75, 3.05) is 17.7 Å². The van der Waals surface area contributed by atoms with Crippen LogP contribution in [-0.2, 0) is 4.79 Å². The van der Waals surface area contributed by atoms with E-state index in [-0.39, 0.29) is 18.9 Å². The number of carbonyl (C=O) groups is 1. The Morgan fingerprint density at radius 2 is 2.17 bits per heavy atom. The van der Waals surface area contributed by atoms with Crippen molar-refractivity contribution < 1.29 is 4.79 Å². The van der Waals surface area contributed by atoms with Gasteiger partial charge in [-0.2, -0.15) is 0 Å². The van der Waals surface area contributed by atoms with Gasteiger partial charge in [0.15, 0.2) is 0 Å². The number of nitrogens with zero attached hydrogens (tertiary/aromatic N) is 3. The van der Waals surface area contributed by atoms with Gasteiger partial charge >= 0.3 is 0 Å². The Morgan fingerprint density at radius 3 is 2.78 bits per heavy atom. The monoisotopic (exact) mass is 262 g/mol. The molecule has 0 aliphatic carbocycles. The van der Waals surface area contributed by atoms with Crippen molar-refractivity contribution in [3.63, 3.8) is 0 Å². The van der Waals surface area contributed by atoms with Crippen LogP contribution in [-0.4, -0.2) is 18.3 Å². The Morgan fingerprint density at radius 1 is 1.44 bits per heavy atom. The lowest BCUT2D eigenvalue weighted by Crippen LogP contribution is -2.11. The van der Waals surface area contributed by atoms with Crippen LogP contribution in [0.3, 0.4) is 0 Å². The summed E-state index contributed by atoms with van der Waals surface area (Å²) in [4.78, 5) is 13.9. The van der Waals surface area contributed by atoms with Crippen LogP contribution in [0.5, 0.6) is 0 Å². The Hall–Kier alpha value is -2.15. The van der Waals surface area contributed by atoms with Crippen molar-refractivity contribution in [1.29, 1.82) is 0 Å². The van der Waals surface area contributed by atoms with Gasteiger partial charge in [0.05, 0.1) is 6.54 Å². The van der Waals surface area contributed by atoms with E-state index in [0.29, 0.717) is 11.6 Å². The van der Waals surface area contributed by atoms with Gasteiger partial charge in [-0.3, -0.25) is 4.79 Å². The summed E-state index contributed by atoms with van der Waals surface area (Å²) in [6.45, 7) is 0.144. The Kier molecular flexibility index (Phi) is 6.20. The first kappa shape index (κ1) is 13.9. The summed E-state index contributed by atoms with van der Waals surface area (Å²) in [5.74, 6) is 5.73. The first-order valence-electron chi connectivity index (χ1n) is 5.22. The average Bonchev–Trinajstić information content (AvgIpc) is 2.37. The summed E-state index contributed by atoms with van der Waals surface area (Å²) in [7, 11) is 0. The second-order valence-electron chi connectivity index (χ2n) is 3.26. The molecular formula is C12H11ClN4O. The second-order valence-corrected chi connectivity index (χ2v) is 3.63. The van der Waals surface area contributed by atoms with Crippen LogP contribution < -0.4 is 5.32 Å². The molecule has 1 rings (SSSR count). The summed E-state index contributed by atoms with van der Waals surface area (Å²) in [6, 6.07) is 7.06. The van der Waals surface area contributed by atoms with Gasteiger partial charge < -0.3 is 5.32 Å². The first-order chi connectivity index (χ1) is 8.76. The van der Waals surface area contributed by atoms with Crippen molar-refractivity contribution in [3.8, 4) is 11.8 Å². The third-order valence-corrected chi connectivity index (χ3v) is 2.12. The molecule has 1 N–H and O–H groups in total. The van der Waals surface area contributed by atoms with Gasteiger partial charge in [-0.15, -0.1) is 11.6 Å². The number of carbonyl (C=O) groups excluding carboxylic acids is 1. The summed E-state index contributed by atoms with van der Waals surface area (Å²) < 4.78 is 0. The zero-order valence-corrected chi connectivity index (χ0v) is 10.3. The highest BCUT2D eigenvalue weighted by molar-refractivity contribution is 6.19. The van der Waals surface area contributed by atoms with Gasteiger partial charge in [0.25, 0.3) is 0 Å². The van der Waals surface area contributed by atoms with E-state index in [2.05, 4.69) is 27.2 Å². The molecule has 0 bridgehead atoms. The summed E-state index contributed by atoms with van der Waals surface area (Å²) in [6.07, 6.45) is 0.287. The number of azide groups is 1. The maximum Gasteiger partial charge on any atom is 0.225 e.